The molecule has 114 valence electrons. The Labute approximate surface area is 118 Å². The normalized spacial score (nSPS) is 21.5. The Morgan fingerprint density at radius 2 is 1.79 bits per heavy atom. The molecule has 1 unspecified atom stereocenters. The summed E-state index contributed by atoms with van der Waals surface area (Å²) < 4.78 is 22.9. The fourth-order valence-corrected chi connectivity index (χ4v) is 4.07. The molecule has 0 heterocycles. The van der Waals surface area contributed by atoms with E-state index in [-0.39, 0.29) is 17.3 Å². The van der Waals surface area contributed by atoms with Crippen LogP contribution in [0, 0.1) is 0 Å². The number of hydrogen-bond acceptors (Lipinski definition) is 4. The fourth-order valence-electron chi connectivity index (χ4n) is 3.41. The molecular weight excluding hydrogens is 260 g/mol. The molecule has 5 heteroatoms. The molecule has 1 aliphatic rings. The summed E-state index contributed by atoms with van der Waals surface area (Å²) in [4.78, 5) is 2.32. The second-order valence-electron chi connectivity index (χ2n) is 6.09. The molecule has 0 aliphatic heterocycles. The van der Waals surface area contributed by atoms with Crippen LogP contribution in [0.5, 0.6) is 0 Å². The third-order valence-corrected chi connectivity index (χ3v) is 5.46. The summed E-state index contributed by atoms with van der Waals surface area (Å²) in [5.74, 6) is 0.278. The maximum absolute atomic E-state index is 11.5. The highest BCUT2D eigenvalue weighted by Crippen LogP contribution is 2.36. The fraction of sp³-hybridized carbons (Fsp3) is 1.00. The van der Waals surface area contributed by atoms with Gasteiger partial charge in [-0.15, -0.1) is 0 Å². The van der Waals surface area contributed by atoms with Gasteiger partial charge in [0.25, 0.3) is 0 Å². The zero-order valence-electron chi connectivity index (χ0n) is 12.9. The van der Waals surface area contributed by atoms with E-state index in [1.165, 1.54) is 38.4 Å². The molecule has 1 rings (SSSR count). The maximum Gasteiger partial charge on any atom is 0.147 e. The van der Waals surface area contributed by atoms with E-state index >= 15 is 0 Å². The first-order valence-corrected chi connectivity index (χ1v) is 9.46. The molecule has 19 heavy (non-hydrogen) atoms. The number of sulfone groups is 1. The average Bonchev–Trinajstić information content (AvgIpc) is 2.34. The Morgan fingerprint density at radius 3 is 2.21 bits per heavy atom. The summed E-state index contributed by atoms with van der Waals surface area (Å²) in [5.41, 5.74) is 0.124. The van der Waals surface area contributed by atoms with E-state index in [1.54, 1.807) is 0 Å². The molecule has 0 spiro atoms. The third-order valence-electron chi connectivity index (χ3n) is 4.49. The van der Waals surface area contributed by atoms with Crippen molar-refractivity contribution >= 4 is 9.84 Å². The van der Waals surface area contributed by atoms with Gasteiger partial charge in [-0.3, -0.25) is 0 Å². The number of hydrogen-bond donors (Lipinski definition) is 1. The number of likely N-dealkylation sites (N-methyl/N-ethyl adjacent to an activating group) is 2. The largest absolute Gasteiger partial charge is 0.312 e. The molecule has 0 bridgehead atoms. The highest BCUT2D eigenvalue weighted by Gasteiger charge is 2.41. The van der Waals surface area contributed by atoms with Crippen molar-refractivity contribution in [2.45, 2.75) is 57.0 Å². The molecule has 0 aromatic carbocycles. The van der Waals surface area contributed by atoms with Gasteiger partial charge in [0, 0.05) is 17.8 Å². The number of nitrogens with zero attached hydrogens (tertiary/aromatic N) is 1. The smallest absolute Gasteiger partial charge is 0.147 e. The average molecular weight is 290 g/mol. The molecule has 4 nitrogen and oxygen atoms in total. The molecule has 0 radical (unpaired) electrons. The number of rotatable bonds is 7. The first-order valence-electron chi connectivity index (χ1n) is 7.40. The van der Waals surface area contributed by atoms with Gasteiger partial charge in [0.15, 0.2) is 0 Å². The van der Waals surface area contributed by atoms with Crippen molar-refractivity contribution in [3.63, 3.8) is 0 Å². The lowest BCUT2D eigenvalue weighted by atomic mass is 9.74. The Kier molecular flexibility index (Phi) is 6.27. The van der Waals surface area contributed by atoms with Crippen LogP contribution in [0.2, 0.25) is 0 Å². The molecule has 0 amide bonds. The van der Waals surface area contributed by atoms with Crippen molar-refractivity contribution < 1.29 is 8.42 Å². The summed E-state index contributed by atoms with van der Waals surface area (Å²) in [7, 11) is 1.38. The predicted octanol–water partition coefficient (Wildman–Crippen LogP) is 1.66. The Bertz CT molecular complexity index is 360. The Balaban J connectivity index is 2.85. The van der Waals surface area contributed by atoms with Gasteiger partial charge < -0.3 is 10.2 Å². The SMILES string of the molecule is CCNC(CCS(C)(=O)=O)C1(N(C)C)CCCCC1. The van der Waals surface area contributed by atoms with Crippen molar-refractivity contribution in [1.29, 1.82) is 0 Å². The lowest BCUT2D eigenvalue weighted by molar-refractivity contribution is 0.0562. The van der Waals surface area contributed by atoms with Gasteiger partial charge in [-0.2, -0.15) is 0 Å². The molecule has 1 atom stereocenters. The lowest BCUT2D eigenvalue weighted by Crippen LogP contribution is -2.60. The van der Waals surface area contributed by atoms with E-state index in [1.807, 2.05) is 0 Å². The predicted molar refractivity (Wildman–Crippen MR) is 81.3 cm³/mol. The minimum atomic E-state index is -2.89. The molecule has 1 saturated carbocycles. The van der Waals surface area contributed by atoms with Crippen molar-refractivity contribution in [2.75, 3.05) is 32.6 Å². The van der Waals surface area contributed by atoms with Crippen LogP contribution in [0.4, 0.5) is 0 Å². The molecular formula is C14H30N2O2S. The molecule has 0 aromatic rings. The quantitative estimate of drug-likeness (QED) is 0.775. The van der Waals surface area contributed by atoms with E-state index in [0.717, 1.165) is 6.54 Å². The monoisotopic (exact) mass is 290 g/mol. The van der Waals surface area contributed by atoms with Crippen LogP contribution in [0.25, 0.3) is 0 Å². The van der Waals surface area contributed by atoms with Crippen molar-refractivity contribution in [3.05, 3.63) is 0 Å². The van der Waals surface area contributed by atoms with Crippen LogP contribution in [-0.2, 0) is 9.84 Å². The highest BCUT2D eigenvalue weighted by molar-refractivity contribution is 7.90. The molecule has 1 N–H and O–H groups in total. The van der Waals surface area contributed by atoms with Gasteiger partial charge in [0.1, 0.15) is 9.84 Å². The van der Waals surface area contributed by atoms with Crippen LogP contribution in [0.1, 0.15) is 45.4 Å². The topological polar surface area (TPSA) is 49.4 Å². The second-order valence-corrected chi connectivity index (χ2v) is 8.35. The zero-order chi connectivity index (χ0) is 14.5. The first kappa shape index (κ1) is 16.9. The Morgan fingerprint density at radius 1 is 1.21 bits per heavy atom. The van der Waals surface area contributed by atoms with Crippen LogP contribution >= 0.6 is 0 Å². The second kappa shape index (κ2) is 7.04. The summed E-state index contributed by atoms with van der Waals surface area (Å²) in [6.45, 7) is 2.99. The van der Waals surface area contributed by atoms with Crippen LogP contribution in [0.3, 0.4) is 0 Å². The zero-order valence-corrected chi connectivity index (χ0v) is 13.7. The highest BCUT2D eigenvalue weighted by atomic mass is 32.2. The van der Waals surface area contributed by atoms with E-state index in [2.05, 4.69) is 31.2 Å². The van der Waals surface area contributed by atoms with Gasteiger partial charge in [-0.25, -0.2) is 8.42 Å². The van der Waals surface area contributed by atoms with Gasteiger partial charge >= 0.3 is 0 Å². The third kappa shape index (κ3) is 4.72. The Hall–Kier alpha value is -0.130. The number of nitrogens with one attached hydrogen (secondary N) is 1. The maximum atomic E-state index is 11.5. The van der Waals surface area contributed by atoms with Gasteiger partial charge in [0.05, 0.1) is 5.75 Å². The standard InChI is InChI=1S/C14H30N2O2S/c1-5-15-13(9-12-19(4,17)18)14(16(2)3)10-7-6-8-11-14/h13,15H,5-12H2,1-4H3. The summed E-state index contributed by atoms with van der Waals surface area (Å²) in [5, 5.41) is 3.54. The molecule has 1 aliphatic carbocycles. The minimum Gasteiger partial charge on any atom is -0.312 e. The van der Waals surface area contributed by atoms with E-state index in [9.17, 15) is 8.42 Å². The molecule has 0 saturated heterocycles. The lowest BCUT2D eigenvalue weighted by Gasteiger charge is -2.49. The van der Waals surface area contributed by atoms with Crippen molar-refractivity contribution in [1.82, 2.24) is 10.2 Å². The van der Waals surface area contributed by atoms with E-state index in [0.29, 0.717) is 6.42 Å². The molecule has 1 fully saturated rings. The van der Waals surface area contributed by atoms with E-state index < -0.39 is 9.84 Å². The van der Waals surface area contributed by atoms with Crippen LogP contribution in [-0.4, -0.2) is 57.5 Å². The molecule has 0 aromatic heterocycles. The van der Waals surface area contributed by atoms with Gasteiger partial charge in [-0.05, 0) is 39.9 Å². The summed E-state index contributed by atoms with van der Waals surface area (Å²) in [6, 6.07) is 0.266. The van der Waals surface area contributed by atoms with Crippen LogP contribution < -0.4 is 5.32 Å². The minimum absolute atomic E-state index is 0.124. The van der Waals surface area contributed by atoms with Crippen LogP contribution in [0.15, 0.2) is 0 Å². The van der Waals surface area contributed by atoms with Crippen molar-refractivity contribution in [3.8, 4) is 0 Å². The first-order chi connectivity index (χ1) is 8.82. The summed E-state index contributed by atoms with van der Waals surface area (Å²) >= 11 is 0. The van der Waals surface area contributed by atoms with Gasteiger partial charge in [0.2, 0.25) is 0 Å². The van der Waals surface area contributed by atoms with Crippen molar-refractivity contribution in [2.24, 2.45) is 0 Å². The van der Waals surface area contributed by atoms with E-state index in [4.69, 9.17) is 0 Å². The summed E-state index contributed by atoms with van der Waals surface area (Å²) in [6.07, 6.45) is 8.19. The van der Waals surface area contributed by atoms with Gasteiger partial charge in [-0.1, -0.05) is 26.2 Å².